The summed E-state index contributed by atoms with van der Waals surface area (Å²) in [5.41, 5.74) is 1.52. The molecule has 0 saturated carbocycles. The van der Waals surface area contributed by atoms with Crippen LogP contribution in [-0.4, -0.2) is 19.2 Å². The second-order valence-corrected chi connectivity index (χ2v) is 5.04. The molecule has 0 N–H and O–H groups in total. The Morgan fingerprint density at radius 1 is 1.00 bits per heavy atom. The molecule has 4 rings (SSSR count). The van der Waals surface area contributed by atoms with E-state index in [2.05, 4.69) is 0 Å². The second kappa shape index (κ2) is 4.87. The van der Waals surface area contributed by atoms with Crippen LogP contribution in [0.4, 0.5) is 4.39 Å². The first-order valence-electron chi connectivity index (χ1n) is 6.78. The molecule has 110 valence electrons. The summed E-state index contributed by atoms with van der Waals surface area (Å²) >= 11 is 0. The Hall–Kier alpha value is -2.82. The minimum atomic E-state index is -0.345. The van der Waals surface area contributed by atoms with Crippen molar-refractivity contribution in [2.24, 2.45) is 0 Å². The number of ketones is 1. The highest BCUT2D eigenvalue weighted by molar-refractivity contribution is 6.14. The molecule has 0 unspecified atom stereocenters. The first kappa shape index (κ1) is 12.9. The molecule has 22 heavy (non-hydrogen) atoms. The number of fused-ring (bicyclic) bond motifs is 2. The predicted octanol–water partition coefficient (Wildman–Crippen LogP) is 3.21. The molecule has 0 fully saturated rings. The largest absolute Gasteiger partial charge is 0.488 e. The van der Waals surface area contributed by atoms with Gasteiger partial charge in [0.2, 0.25) is 6.79 Å². The van der Waals surface area contributed by atoms with E-state index in [4.69, 9.17) is 14.2 Å². The first-order chi connectivity index (χ1) is 10.7. The molecule has 0 saturated heterocycles. The number of halogens is 1. The average Bonchev–Trinajstić information content (AvgIpc) is 2.96. The molecular weight excluding hydrogens is 287 g/mol. The van der Waals surface area contributed by atoms with Gasteiger partial charge in [0.1, 0.15) is 18.2 Å². The van der Waals surface area contributed by atoms with Crippen LogP contribution in [-0.2, 0) is 0 Å². The molecule has 0 amide bonds. The molecule has 2 aromatic rings. The molecule has 2 aliphatic heterocycles. The standard InChI is InChI=1S/C17H11FO4/c18-12-3-1-2-10(5-12)4-11-8-20-14-7-16-15(21-9-22-16)6-13(14)17(11)19/h1-7H,8-9H2. The number of hydrogen-bond acceptors (Lipinski definition) is 4. The summed E-state index contributed by atoms with van der Waals surface area (Å²) in [4.78, 5) is 12.6. The van der Waals surface area contributed by atoms with Crippen molar-refractivity contribution in [2.45, 2.75) is 0 Å². The maximum absolute atomic E-state index is 13.2. The smallest absolute Gasteiger partial charge is 0.231 e. The van der Waals surface area contributed by atoms with Crippen molar-refractivity contribution < 1.29 is 23.4 Å². The molecule has 2 heterocycles. The number of Topliss-reactive ketones (excluding diaryl/α,β-unsaturated/α-hetero) is 1. The lowest BCUT2D eigenvalue weighted by Crippen LogP contribution is -2.19. The summed E-state index contributed by atoms with van der Waals surface area (Å²) in [6.45, 7) is 0.278. The van der Waals surface area contributed by atoms with Crippen molar-refractivity contribution in [3.8, 4) is 17.2 Å². The lowest BCUT2D eigenvalue weighted by atomic mass is 9.98. The highest BCUT2D eigenvalue weighted by atomic mass is 19.1. The zero-order valence-corrected chi connectivity index (χ0v) is 11.5. The first-order valence-corrected chi connectivity index (χ1v) is 6.78. The van der Waals surface area contributed by atoms with Gasteiger partial charge in [-0.1, -0.05) is 12.1 Å². The summed E-state index contributed by atoms with van der Waals surface area (Å²) in [6.07, 6.45) is 1.64. The molecule has 0 aromatic heterocycles. The van der Waals surface area contributed by atoms with Crippen LogP contribution in [0.3, 0.4) is 0 Å². The Labute approximate surface area is 125 Å². The molecule has 0 bridgehead atoms. The number of carbonyl (C=O) groups is 1. The maximum Gasteiger partial charge on any atom is 0.231 e. The van der Waals surface area contributed by atoms with Gasteiger partial charge in [-0.15, -0.1) is 0 Å². The normalized spacial score (nSPS) is 17.3. The quantitative estimate of drug-likeness (QED) is 0.758. The Morgan fingerprint density at radius 2 is 1.82 bits per heavy atom. The van der Waals surface area contributed by atoms with Gasteiger partial charge in [0.05, 0.1) is 5.56 Å². The molecule has 0 atom stereocenters. The monoisotopic (exact) mass is 298 g/mol. The van der Waals surface area contributed by atoms with Crippen LogP contribution in [0, 0.1) is 5.82 Å². The van der Waals surface area contributed by atoms with Gasteiger partial charge in [-0.25, -0.2) is 4.39 Å². The van der Waals surface area contributed by atoms with Crippen molar-refractivity contribution in [1.29, 1.82) is 0 Å². The Balaban J connectivity index is 1.73. The Bertz CT molecular complexity index is 810. The maximum atomic E-state index is 13.2. The van der Waals surface area contributed by atoms with E-state index in [0.29, 0.717) is 33.9 Å². The van der Waals surface area contributed by atoms with Crippen molar-refractivity contribution in [1.82, 2.24) is 0 Å². The van der Waals surface area contributed by atoms with E-state index in [1.54, 1.807) is 30.3 Å². The van der Waals surface area contributed by atoms with Crippen molar-refractivity contribution in [3.05, 3.63) is 58.9 Å². The molecule has 2 aliphatic rings. The highest BCUT2D eigenvalue weighted by Crippen LogP contribution is 2.40. The van der Waals surface area contributed by atoms with Crippen molar-refractivity contribution in [2.75, 3.05) is 13.4 Å². The lowest BCUT2D eigenvalue weighted by molar-refractivity contribution is 0.100. The summed E-state index contributed by atoms with van der Waals surface area (Å²) in [7, 11) is 0. The van der Waals surface area contributed by atoms with Crippen LogP contribution in [0.25, 0.3) is 6.08 Å². The average molecular weight is 298 g/mol. The van der Waals surface area contributed by atoms with E-state index in [1.807, 2.05) is 0 Å². The van der Waals surface area contributed by atoms with Crippen molar-refractivity contribution >= 4 is 11.9 Å². The number of hydrogen-bond donors (Lipinski definition) is 0. The van der Waals surface area contributed by atoms with Crippen LogP contribution in [0.5, 0.6) is 17.2 Å². The van der Waals surface area contributed by atoms with E-state index >= 15 is 0 Å². The molecule has 5 heteroatoms. The van der Waals surface area contributed by atoms with Gasteiger partial charge < -0.3 is 14.2 Å². The number of carbonyl (C=O) groups excluding carboxylic acids is 1. The van der Waals surface area contributed by atoms with Crippen LogP contribution >= 0.6 is 0 Å². The van der Waals surface area contributed by atoms with E-state index in [-0.39, 0.29) is 25.0 Å². The summed E-state index contributed by atoms with van der Waals surface area (Å²) < 4.78 is 29.4. The number of ether oxygens (including phenoxy) is 3. The van der Waals surface area contributed by atoms with Gasteiger partial charge >= 0.3 is 0 Å². The Morgan fingerprint density at radius 3 is 2.64 bits per heavy atom. The summed E-state index contributed by atoms with van der Waals surface area (Å²) in [5.74, 6) is 1.09. The van der Waals surface area contributed by atoms with E-state index in [0.717, 1.165) is 0 Å². The molecular formula is C17H11FO4. The predicted molar refractivity (Wildman–Crippen MR) is 76.8 cm³/mol. The fourth-order valence-electron chi connectivity index (χ4n) is 2.52. The van der Waals surface area contributed by atoms with Gasteiger partial charge in [-0.3, -0.25) is 4.79 Å². The van der Waals surface area contributed by atoms with Gasteiger partial charge in [-0.2, -0.15) is 0 Å². The fourth-order valence-corrected chi connectivity index (χ4v) is 2.52. The van der Waals surface area contributed by atoms with E-state index < -0.39 is 0 Å². The fraction of sp³-hybridized carbons (Fsp3) is 0.118. The molecule has 2 aromatic carbocycles. The van der Waals surface area contributed by atoms with Crippen molar-refractivity contribution in [3.63, 3.8) is 0 Å². The number of benzene rings is 2. The third kappa shape index (κ3) is 2.11. The van der Waals surface area contributed by atoms with Crippen LogP contribution in [0.2, 0.25) is 0 Å². The van der Waals surface area contributed by atoms with Gasteiger partial charge in [0.25, 0.3) is 0 Å². The number of rotatable bonds is 1. The third-order valence-corrected chi connectivity index (χ3v) is 3.58. The minimum absolute atomic E-state index is 0.137. The van der Waals surface area contributed by atoms with Crippen LogP contribution in [0.1, 0.15) is 15.9 Å². The van der Waals surface area contributed by atoms with E-state index in [9.17, 15) is 9.18 Å². The van der Waals surface area contributed by atoms with Gasteiger partial charge in [0, 0.05) is 11.6 Å². The summed E-state index contributed by atoms with van der Waals surface area (Å²) in [6, 6.07) is 9.35. The topological polar surface area (TPSA) is 44.8 Å². The second-order valence-electron chi connectivity index (χ2n) is 5.04. The molecule has 0 spiro atoms. The van der Waals surface area contributed by atoms with Gasteiger partial charge in [0.15, 0.2) is 17.3 Å². The third-order valence-electron chi connectivity index (χ3n) is 3.58. The Kier molecular flexibility index (Phi) is 2.85. The van der Waals surface area contributed by atoms with Gasteiger partial charge in [-0.05, 0) is 29.8 Å². The van der Waals surface area contributed by atoms with Crippen LogP contribution < -0.4 is 14.2 Å². The zero-order valence-electron chi connectivity index (χ0n) is 11.5. The van der Waals surface area contributed by atoms with E-state index in [1.165, 1.54) is 12.1 Å². The molecule has 4 nitrogen and oxygen atoms in total. The SMILES string of the molecule is O=C1C(=Cc2cccc(F)c2)COc2cc3c(cc21)OCO3. The highest BCUT2D eigenvalue weighted by Gasteiger charge is 2.27. The molecule has 0 radical (unpaired) electrons. The summed E-state index contributed by atoms with van der Waals surface area (Å²) in [5, 5.41) is 0. The minimum Gasteiger partial charge on any atom is -0.488 e. The molecule has 0 aliphatic carbocycles. The lowest BCUT2D eigenvalue weighted by Gasteiger charge is -2.19. The van der Waals surface area contributed by atoms with Crippen LogP contribution in [0.15, 0.2) is 42.0 Å². The zero-order chi connectivity index (χ0) is 15.1.